The number of amides is 2. The van der Waals surface area contributed by atoms with Crippen LogP contribution >= 0.6 is 0 Å². The Morgan fingerprint density at radius 3 is 2.50 bits per heavy atom. The van der Waals surface area contributed by atoms with Crippen LogP contribution < -0.4 is 5.32 Å². The summed E-state index contributed by atoms with van der Waals surface area (Å²) < 4.78 is 0. The smallest absolute Gasteiger partial charge is 0.325 e. The third-order valence-corrected chi connectivity index (χ3v) is 3.06. The van der Waals surface area contributed by atoms with Crippen LogP contribution in [-0.4, -0.2) is 41.6 Å². The Hall–Kier alpha value is -1.26. The molecule has 2 N–H and O–H groups in total. The van der Waals surface area contributed by atoms with Gasteiger partial charge in [-0.25, -0.2) is 4.79 Å². The number of carbonyl (C=O) groups is 2. The Morgan fingerprint density at radius 1 is 1.44 bits per heavy atom. The average Bonchev–Trinajstić information content (AvgIpc) is 2.69. The van der Waals surface area contributed by atoms with Gasteiger partial charge >= 0.3 is 12.0 Å². The van der Waals surface area contributed by atoms with E-state index in [0.717, 1.165) is 6.54 Å². The summed E-state index contributed by atoms with van der Waals surface area (Å²) >= 11 is 0. The first-order valence-corrected chi connectivity index (χ1v) is 5.75. The van der Waals surface area contributed by atoms with Gasteiger partial charge in [0.1, 0.15) is 6.04 Å². The van der Waals surface area contributed by atoms with Gasteiger partial charge in [0, 0.05) is 13.6 Å². The van der Waals surface area contributed by atoms with Crippen molar-refractivity contribution < 1.29 is 14.7 Å². The van der Waals surface area contributed by atoms with E-state index in [9.17, 15) is 9.59 Å². The van der Waals surface area contributed by atoms with Crippen LogP contribution in [0.2, 0.25) is 0 Å². The average molecular weight is 228 g/mol. The Kier molecular flexibility index (Phi) is 4.58. The van der Waals surface area contributed by atoms with Crippen molar-refractivity contribution >= 4 is 12.0 Å². The lowest BCUT2D eigenvalue weighted by Gasteiger charge is -2.22. The number of urea groups is 1. The van der Waals surface area contributed by atoms with Crippen LogP contribution in [0, 0.1) is 5.92 Å². The molecule has 1 rings (SSSR count). The van der Waals surface area contributed by atoms with Gasteiger partial charge < -0.3 is 15.3 Å². The molecule has 0 bridgehead atoms. The van der Waals surface area contributed by atoms with Gasteiger partial charge in [-0.3, -0.25) is 4.79 Å². The van der Waals surface area contributed by atoms with Gasteiger partial charge in [-0.05, 0) is 25.7 Å². The Morgan fingerprint density at radius 2 is 2.00 bits per heavy atom. The van der Waals surface area contributed by atoms with Crippen molar-refractivity contribution in [3.8, 4) is 0 Å². The maximum Gasteiger partial charge on any atom is 0.325 e. The molecule has 0 aromatic rings. The number of aliphatic carboxylic acids is 1. The lowest BCUT2D eigenvalue weighted by atomic mass is 10.1. The van der Waals surface area contributed by atoms with E-state index in [1.165, 1.54) is 32.6 Å². The van der Waals surface area contributed by atoms with Crippen molar-refractivity contribution in [1.29, 1.82) is 0 Å². The molecular weight excluding hydrogens is 208 g/mol. The topological polar surface area (TPSA) is 69.6 Å². The van der Waals surface area contributed by atoms with Crippen LogP contribution in [0.15, 0.2) is 0 Å². The summed E-state index contributed by atoms with van der Waals surface area (Å²) in [5.74, 6) is -0.432. The fourth-order valence-electron chi connectivity index (χ4n) is 2.02. The molecule has 1 aliphatic carbocycles. The Balaban J connectivity index is 2.32. The van der Waals surface area contributed by atoms with Gasteiger partial charge in [0.2, 0.25) is 0 Å². The third kappa shape index (κ3) is 3.72. The van der Waals surface area contributed by atoms with Crippen molar-refractivity contribution in [3.05, 3.63) is 0 Å². The lowest BCUT2D eigenvalue weighted by Crippen LogP contribution is -2.46. The number of carbonyl (C=O) groups excluding carboxylic acids is 1. The second-order valence-corrected chi connectivity index (χ2v) is 4.54. The molecule has 1 saturated carbocycles. The first kappa shape index (κ1) is 12.8. The molecule has 1 fully saturated rings. The fourth-order valence-corrected chi connectivity index (χ4v) is 2.02. The second-order valence-electron chi connectivity index (χ2n) is 4.54. The second kappa shape index (κ2) is 5.72. The van der Waals surface area contributed by atoms with Crippen molar-refractivity contribution in [1.82, 2.24) is 10.2 Å². The minimum absolute atomic E-state index is 0.304. The van der Waals surface area contributed by atoms with E-state index in [4.69, 9.17) is 5.11 Å². The summed E-state index contributed by atoms with van der Waals surface area (Å²) in [6, 6.07) is -1.14. The highest BCUT2D eigenvalue weighted by Crippen LogP contribution is 2.25. The van der Waals surface area contributed by atoms with E-state index in [0.29, 0.717) is 5.92 Å². The molecule has 5 nitrogen and oxygen atoms in total. The van der Waals surface area contributed by atoms with E-state index in [2.05, 4.69) is 5.32 Å². The van der Waals surface area contributed by atoms with Gasteiger partial charge in [0.25, 0.3) is 0 Å². The molecule has 0 aliphatic heterocycles. The standard InChI is InChI=1S/C11H20N2O3/c1-8(10(14)15)12-11(16)13(2)7-9-5-3-4-6-9/h8-9H,3-7H2,1-2H3,(H,12,16)(H,14,15). The van der Waals surface area contributed by atoms with Gasteiger partial charge in [0.05, 0.1) is 0 Å². The Labute approximate surface area is 95.8 Å². The monoisotopic (exact) mass is 228 g/mol. The molecule has 1 aliphatic rings. The fraction of sp³-hybridized carbons (Fsp3) is 0.818. The zero-order valence-corrected chi connectivity index (χ0v) is 9.90. The molecule has 0 heterocycles. The molecule has 0 saturated heterocycles. The molecule has 0 aromatic carbocycles. The van der Waals surface area contributed by atoms with Crippen LogP contribution in [-0.2, 0) is 4.79 Å². The summed E-state index contributed by atoms with van der Waals surface area (Å²) in [5.41, 5.74) is 0. The van der Waals surface area contributed by atoms with E-state index < -0.39 is 12.0 Å². The number of rotatable bonds is 4. The van der Waals surface area contributed by atoms with Crippen molar-refractivity contribution in [3.63, 3.8) is 0 Å². The first-order chi connectivity index (χ1) is 7.50. The molecule has 0 radical (unpaired) electrons. The maximum absolute atomic E-state index is 11.6. The molecule has 1 unspecified atom stereocenters. The molecule has 0 aromatic heterocycles. The summed E-state index contributed by atoms with van der Waals surface area (Å²) in [6.07, 6.45) is 4.83. The summed E-state index contributed by atoms with van der Waals surface area (Å²) in [4.78, 5) is 23.7. The third-order valence-electron chi connectivity index (χ3n) is 3.06. The normalized spacial score (nSPS) is 18.1. The highest BCUT2D eigenvalue weighted by molar-refractivity contribution is 5.82. The van der Waals surface area contributed by atoms with E-state index >= 15 is 0 Å². The molecule has 16 heavy (non-hydrogen) atoms. The lowest BCUT2D eigenvalue weighted by molar-refractivity contribution is -0.138. The van der Waals surface area contributed by atoms with Crippen molar-refractivity contribution in [2.24, 2.45) is 5.92 Å². The summed E-state index contributed by atoms with van der Waals surface area (Å²) in [5, 5.41) is 11.1. The van der Waals surface area contributed by atoms with E-state index in [1.54, 1.807) is 11.9 Å². The van der Waals surface area contributed by atoms with Crippen molar-refractivity contribution in [2.75, 3.05) is 13.6 Å². The van der Waals surface area contributed by atoms with Crippen LogP contribution in [0.4, 0.5) is 4.79 Å². The number of hydrogen-bond acceptors (Lipinski definition) is 2. The van der Waals surface area contributed by atoms with Gasteiger partial charge in [0.15, 0.2) is 0 Å². The predicted octanol–water partition coefficient (Wildman–Crippen LogP) is 1.29. The molecule has 2 amide bonds. The van der Waals surface area contributed by atoms with Crippen LogP contribution in [0.25, 0.3) is 0 Å². The maximum atomic E-state index is 11.6. The molecule has 1 atom stereocenters. The van der Waals surface area contributed by atoms with Crippen molar-refractivity contribution in [2.45, 2.75) is 38.6 Å². The number of nitrogens with one attached hydrogen (secondary N) is 1. The van der Waals surface area contributed by atoms with E-state index in [-0.39, 0.29) is 6.03 Å². The zero-order valence-electron chi connectivity index (χ0n) is 9.90. The summed E-state index contributed by atoms with van der Waals surface area (Å²) in [7, 11) is 1.71. The molecular formula is C11H20N2O3. The highest BCUT2D eigenvalue weighted by Gasteiger charge is 2.21. The highest BCUT2D eigenvalue weighted by atomic mass is 16.4. The number of carboxylic acids is 1. The van der Waals surface area contributed by atoms with Gasteiger partial charge in [-0.15, -0.1) is 0 Å². The summed E-state index contributed by atoms with van der Waals surface area (Å²) in [6.45, 7) is 2.18. The molecule has 5 heteroatoms. The zero-order chi connectivity index (χ0) is 12.1. The van der Waals surface area contributed by atoms with E-state index in [1.807, 2.05) is 0 Å². The first-order valence-electron chi connectivity index (χ1n) is 5.75. The number of carboxylic acid groups (broad SMARTS) is 1. The minimum atomic E-state index is -1.01. The van der Waals surface area contributed by atoms with Crippen LogP contribution in [0.1, 0.15) is 32.6 Å². The predicted molar refractivity (Wildman–Crippen MR) is 60.2 cm³/mol. The Bertz CT molecular complexity index is 262. The molecule has 92 valence electrons. The van der Waals surface area contributed by atoms with Gasteiger partial charge in [-0.2, -0.15) is 0 Å². The largest absolute Gasteiger partial charge is 0.480 e. The quantitative estimate of drug-likeness (QED) is 0.761. The van der Waals surface area contributed by atoms with Gasteiger partial charge in [-0.1, -0.05) is 12.8 Å². The SMILES string of the molecule is CC(NC(=O)N(C)CC1CCCC1)C(=O)O. The number of nitrogens with zero attached hydrogens (tertiary/aromatic N) is 1. The van der Waals surface area contributed by atoms with Crippen LogP contribution in [0.3, 0.4) is 0 Å². The minimum Gasteiger partial charge on any atom is -0.480 e. The number of hydrogen-bond donors (Lipinski definition) is 2. The molecule has 0 spiro atoms. The van der Waals surface area contributed by atoms with Crippen LogP contribution in [0.5, 0.6) is 0 Å².